The van der Waals surface area contributed by atoms with Gasteiger partial charge in [0.1, 0.15) is 11.8 Å². The Morgan fingerprint density at radius 1 is 1.23 bits per heavy atom. The van der Waals surface area contributed by atoms with E-state index >= 15 is 0 Å². The van der Waals surface area contributed by atoms with Crippen molar-refractivity contribution in [1.82, 2.24) is 19.9 Å². The van der Waals surface area contributed by atoms with E-state index in [4.69, 9.17) is 21.1 Å². The van der Waals surface area contributed by atoms with Crippen molar-refractivity contribution in [3.63, 3.8) is 0 Å². The highest BCUT2D eigenvalue weighted by atomic mass is 35.5. The minimum Gasteiger partial charge on any atom is -0.497 e. The Morgan fingerprint density at radius 2 is 2.14 bits per heavy atom. The second-order valence-electron chi connectivity index (χ2n) is 8.70. The molecule has 0 unspecified atom stereocenters. The lowest BCUT2D eigenvalue weighted by Crippen LogP contribution is -2.51. The van der Waals surface area contributed by atoms with E-state index < -0.39 is 6.04 Å². The molecule has 9 heteroatoms. The molecule has 1 saturated heterocycles. The van der Waals surface area contributed by atoms with Crippen LogP contribution >= 0.6 is 11.6 Å². The van der Waals surface area contributed by atoms with Gasteiger partial charge in [-0.3, -0.25) is 14.7 Å². The largest absolute Gasteiger partial charge is 0.497 e. The third kappa shape index (κ3) is 3.99. The third-order valence-electron chi connectivity index (χ3n) is 6.62. The lowest BCUT2D eigenvalue weighted by molar-refractivity contribution is -0.127. The Bertz CT molecular complexity index is 1560. The first-order chi connectivity index (χ1) is 17.1. The van der Waals surface area contributed by atoms with Gasteiger partial charge in [-0.05, 0) is 42.0 Å². The van der Waals surface area contributed by atoms with Gasteiger partial charge < -0.3 is 24.8 Å². The van der Waals surface area contributed by atoms with Crippen molar-refractivity contribution in [1.29, 1.82) is 0 Å². The maximum Gasteiger partial charge on any atom is 0.244 e. The lowest BCUT2D eigenvalue weighted by atomic mass is 10.1. The molecule has 0 bridgehead atoms. The van der Waals surface area contributed by atoms with E-state index in [0.717, 1.165) is 44.0 Å². The first kappa shape index (κ1) is 21.9. The normalized spacial score (nSPS) is 16.8. The van der Waals surface area contributed by atoms with Gasteiger partial charge in [0.15, 0.2) is 0 Å². The summed E-state index contributed by atoms with van der Waals surface area (Å²) in [6.07, 6.45) is 5.50. The lowest BCUT2D eigenvalue weighted by Gasteiger charge is -2.34. The van der Waals surface area contributed by atoms with Crippen LogP contribution in [0.4, 0.5) is 5.69 Å². The summed E-state index contributed by atoms with van der Waals surface area (Å²) in [4.78, 5) is 26.5. The van der Waals surface area contributed by atoms with Crippen LogP contribution in [-0.2, 0) is 16.1 Å². The van der Waals surface area contributed by atoms with Gasteiger partial charge in [-0.2, -0.15) is 0 Å². The SMILES string of the molecule is COc1ccc2[nH]cc(CN3CCOC[C@H]3C(=O)Nc3cc(Cl)cc4c3[nH]c3cnccc34)c2c1. The number of benzene rings is 2. The number of halogens is 1. The highest BCUT2D eigenvalue weighted by Crippen LogP contribution is 2.33. The molecule has 4 heterocycles. The summed E-state index contributed by atoms with van der Waals surface area (Å²) in [5.41, 5.74) is 4.48. The fourth-order valence-electron chi connectivity index (χ4n) is 4.84. The molecule has 3 N–H and O–H groups in total. The summed E-state index contributed by atoms with van der Waals surface area (Å²) >= 11 is 6.42. The number of nitrogens with zero attached hydrogens (tertiary/aromatic N) is 2. The van der Waals surface area contributed by atoms with Crippen molar-refractivity contribution in [2.45, 2.75) is 12.6 Å². The topological polar surface area (TPSA) is 95.3 Å². The number of carbonyl (C=O) groups is 1. The van der Waals surface area contributed by atoms with E-state index in [0.29, 0.717) is 37.0 Å². The Kier molecular flexibility index (Phi) is 5.56. The highest BCUT2D eigenvalue weighted by molar-refractivity contribution is 6.33. The summed E-state index contributed by atoms with van der Waals surface area (Å²) < 4.78 is 11.1. The molecule has 178 valence electrons. The summed E-state index contributed by atoms with van der Waals surface area (Å²) in [6, 6.07) is 11.1. The van der Waals surface area contributed by atoms with Gasteiger partial charge in [0, 0.05) is 52.2 Å². The number of fused-ring (bicyclic) bond motifs is 4. The maximum atomic E-state index is 13.5. The van der Waals surface area contributed by atoms with Crippen molar-refractivity contribution >= 4 is 55.9 Å². The van der Waals surface area contributed by atoms with Crippen LogP contribution in [0.25, 0.3) is 32.7 Å². The number of ether oxygens (including phenoxy) is 2. The predicted molar refractivity (Wildman–Crippen MR) is 137 cm³/mol. The number of amides is 1. The van der Waals surface area contributed by atoms with Gasteiger partial charge in [0.25, 0.3) is 0 Å². The van der Waals surface area contributed by atoms with Gasteiger partial charge in [0.2, 0.25) is 5.91 Å². The van der Waals surface area contributed by atoms with E-state index in [-0.39, 0.29) is 5.91 Å². The van der Waals surface area contributed by atoms with Crippen LogP contribution in [0.1, 0.15) is 5.56 Å². The van der Waals surface area contributed by atoms with Crippen LogP contribution in [0.5, 0.6) is 5.75 Å². The number of nitrogens with one attached hydrogen (secondary N) is 3. The van der Waals surface area contributed by atoms with E-state index in [9.17, 15) is 4.79 Å². The number of aromatic nitrogens is 3. The van der Waals surface area contributed by atoms with E-state index in [1.807, 2.05) is 36.5 Å². The summed E-state index contributed by atoms with van der Waals surface area (Å²) in [5, 5.41) is 6.67. The summed E-state index contributed by atoms with van der Waals surface area (Å²) in [5.74, 6) is 0.663. The molecule has 1 aliphatic heterocycles. The number of hydrogen-bond acceptors (Lipinski definition) is 5. The number of anilines is 1. The fourth-order valence-corrected chi connectivity index (χ4v) is 5.05. The van der Waals surface area contributed by atoms with E-state index in [2.05, 4.69) is 25.2 Å². The molecule has 8 nitrogen and oxygen atoms in total. The van der Waals surface area contributed by atoms with E-state index in [1.165, 1.54) is 0 Å². The molecule has 1 amide bonds. The number of morpholine rings is 1. The molecular weight excluding hydrogens is 466 g/mol. The zero-order valence-electron chi connectivity index (χ0n) is 19.1. The van der Waals surface area contributed by atoms with Crippen LogP contribution in [0, 0.1) is 0 Å². The first-order valence-corrected chi connectivity index (χ1v) is 11.8. The second-order valence-corrected chi connectivity index (χ2v) is 9.13. The average molecular weight is 490 g/mol. The molecule has 1 atom stereocenters. The fraction of sp³-hybridized carbons (Fsp3) is 0.231. The number of hydrogen-bond donors (Lipinski definition) is 3. The monoisotopic (exact) mass is 489 g/mol. The molecule has 0 spiro atoms. The number of pyridine rings is 1. The molecule has 2 aromatic carbocycles. The second kappa shape index (κ2) is 8.88. The van der Waals surface area contributed by atoms with Crippen LogP contribution < -0.4 is 10.1 Å². The van der Waals surface area contributed by atoms with Crippen molar-refractivity contribution < 1.29 is 14.3 Å². The molecule has 5 aromatic rings. The predicted octanol–water partition coefficient (Wildman–Crippen LogP) is 4.70. The van der Waals surface area contributed by atoms with Gasteiger partial charge >= 0.3 is 0 Å². The maximum absolute atomic E-state index is 13.5. The minimum absolute atomic E-state index is 0.137. The summed E-state index contributed by atoms with van der Waals surface area (Å²) in [6.45, 7) is 2.15. The Labute approximate surface area is 206 Å². The van der Waals surface area contributed by atoms with Crippen molar-refractivity contribution in [2.75, 3.05) is 32.2 Å². The number of methoxy groups -OCH3 is 1. The summed E-state index contributed by atoms with van der Waals surface area (Å²) in [7, 11) is 1.66. The van der Waals surface area contributed by atoms with Gasteiger partial charge in [-0.1, -0.05) is 11.6 Å². The number of aromatic amines is 2. The number of H-pyrrole nitrogens is 2. The molecule has 1 aliphatic rings. The zero-order valence-corrected chi connectivity index (χ0v) is 19.9. The average Bonchev–Trinajstić information content (AvgIpc) is 3.45. The third-order valence-corrected chi connectivity index (χ3v) is 6.84. The van der Waals surface area contributed by atoms with Gasteiger partial charge in [-0.15, -0.1) is 0 Å². The Balaban J connectivity index is 1.29. The Hall–Kier alpha value is -3.59. The van der Waals surface area contributed by atoms with Crippen LogP contribution in [0.2, 0.25) is 5.02 Å². The molecule has 35 heavy (non-hydrogen) atoms. The van der Waals surface area contributed by atoms with Crippen LogP contribution in [0.15, 0.2) is 55.0 Å². The van der Waals surface area contributed by atoms with Gasteiger partial charge in [0.05, 0.1) is 43.2 Å². The zero-order chi connectivity index (χ0) is 23.9. The standard InChI is InChI=1S/C26H24ClN5O3/c1-34-17-2-3-21-19(10-17)15(11-29-21)13-32-6-7-35-14-24(32)26(33)31-22-9-16(27)8-20-18-4-5-28-12-23(18)30-25(20)22/h2-5,8-12,24,29-30H,6-7,13-14H2,1H3,(H,31,33)/t24-/m0/s1. The molecule has 0 radical (unpaired) electrons. The molecule has 1 fully saturated rings. The van der Waals surface area contributed by atoms with Gasteiger partial charge in [-0.25, -0.2) is 0 Å². The number of carbonyl (C=O) groups excluding carboxylic acids is 1. The van der Waals surface area contributed by atoms with Crippen molar-refractivity contribution in [3.8, 4) is 5.75 Å². The molecule has 0 saturated carbocycles. The molecule has 3 aromatic heterocycles. The minimum atomic E-state index is -0.445. The molecular formula is C26H24ClN5O3. The van der Waals surface area contributed by atoms with Crippen molar-refractivity contribution in [2.24, 2.45) is 0 Å². The smallest absolute Gasteiger partial charge is 0.244 e. The highest BCUT2D eigenvalue weighted by Gasteiger charge is 2.30. The molecule has 0 aliphatic carbocycles. The van der Waals surface area contributed by atoms with Crippen LogP contribution in [0.3, 0.4) is 0 Å². The molecule has 6 rings (SSSR count). The first-order valence-electron chi connectivity index (χ1n) is 11.4. The Morgan fingerprint density at radius 3 is 3.03 bits per heavy atom. The van der Waals surface area contributed by atoms with E-state index in [1.54, 1.807) is 25.6 Å². The number of rotatable bonds is 5. The quantitative estimate of drug-likeness (QED) is 0.332. The van der Waals surface area contributed by atoms with Crippen LogP contribution in [-0.4, -0.2) is 58.7 Å². The van der Waals surface area contributed by atoms with Crippen molar-refractivity contribution in [3.05, 3.63) is 65.6 Å².